The summed E-state index contributed by atoms with van der Waals surface area (Å²) in [7, 11) is 0. The first-order chi connectivity index (χ1) is 13.2. The normalized spacial score (nSPS) is 14.3. The molecule has 2 aromatic heterocycles. The average Bonchev–Trinajstić information content (AvgIpc) is 3.18. The van der Waals surface area contributed by atoms with Crippen LogP contribution in [0.15, 0.2) is 48.7 Å². The van der Waals surface area contributed by atoms with E-state index in [-0.39, 0.29) is 5.75 Å². The Labute approximate surface area is 162 Å². The van der Waals surface area contributed by atoms with E-state index >= 15 is 0 Å². The molecule has 2 heterocycles. The van der Waals surface area contributed by atoms with Crippen molar-refractivity contribution in [3.63, 3.8) is 0 Å². The number of aromatic hydroxyl groups is 1. The van der Waals surface area contributed by atoms with Gasteiger partial charge in [0.2, 0.25) is 5.95 Å². The summed E-state index contributed by atoms with van der Waals surface area (Å²) in [6.07, 6.45) is 6.42. The molecule has 1 aliphatic carbocycles. The number of benzene rings is 1. The van der Waals surface area contributed by atoms with Crippen molar-refractivity contribution in [1.82, 2.24) is 15.0 Å². The van der Waals surface area contributed by atoms with Crippen molar-refractivity contribution in [2.75, 3.05) is 10.6 Å². The Kier molecular flexibility index (Phi) is 5.07. The van der Waals surface area contributed by atoms with E-state index in [2.05, 4.69) is 25.6 Å². The molecule has 0 aliphatic heterocycles. The van der Waals surface area contributed by atoms with Gasteiger partial charge in [0.25, 0.3) is 0 Å². The molecule has 4 rings (SSSR count). The van der Waals surface area contributed by atoms with Crippen molar-refractivity contribution in [2.45, 2.75) is 31.7 Å². The fraction of sp³-hybridized carbons (Fsp3) is 0.250. The average molecular weight is 382 g/mol. The summed E-state index contributed by atoms with van der Waals surface area (Å²) >= 11 is 6.05. The SMILES string of the molecule is Oc1ccc(Cl)cc1Nc1cc(-c2ccccn2)nc(NC2CCCC2)n1. The van der Waals surface area contributed by atoms with Crippen LogP contribution in [0.3, 0.4) is 0 Å². The lowest BCUT2D eigenvalue weighted by atomic mass is 10.2. The Balaban J connectivity index is 1.69. The van der Waals surface area contributed by atoms with Gasteiger partial charge in [0.05, 0.1) is 17.1 Å². The molecule has 0 saturated heterocycles. The van der Waals surface area contributed by atoms with Gasteiger partial charge in [0, 0.05) is 23.3 Å². The van der Waals surface area contributed by atoms with E-state index in [0.717, 1.165) is 18.5 Å². The van der Waals surface area contributed by atoms with E-state index in [9.17, 15) is 5.11 Å². The molecule has 3 aromatic rings. The van der Waals surface area contributed by atoms with Crippen LogP contribution in [0.1, 0.15) is 25.7 Å². The maximum atomic E-state index is 10.1. The molecular formula is C20H20ClN5O. The van der Waals surface area contributed by atoms with Crippen LogP contribution in [0, 0.1) is 0 Å². The minimum Gasteiger partial charge on any atom is -0.506 e. The lowest BCUT2D eigenvalue weighted by Gasteiger charge is -2.15. The smallest absolute Gasteiger partial charge is 0.225 e. The van der Waals surface area contributed by atoms with Crippen LogP contribution in [0.2, 0.25) is 5.02 Å². The number of phenols is 1. The number of nitrogens with zero attached hydrogens (tertiary/aromatic N) is 3. The van der Waals surface area contributed by atoms with Crippen molar-refractivity contribution in [1.29, 1.82) is 0 Å². The number of rotatable bonds is 5. The zero-order valence-corrected chi connectivity index (χ0v) is 15.4. The minimum atomic E-state index is 0.0997. The summed E-state index contributed by atoms with van der Waals surface area (Å²) in [6.45, 7) is 0. The zero-order chi connectivity index (χ0) is 18.6. The topological polar surface area (TPSA) is 83.0 Å². The van der Waals surface area contributed by atoms with Gasteiger partial charge in [-0.2, -0.15) is 4.98 Å². The first kappa shape index (κ1) is 17.5. The van der Waals surface area contributed by atoms with Gasteiger partial charge in [-0.25, -0.2) is 4.98 Å². The van der Waals surface area contributed by atoms with Crippen LogP contribution in [0.4, 0.5) is 17.5 Å². The molecule has 0 radical (unpaired) electrons. The van der Waals surface area contributed by atoms with Crippen molar-refractivity contribution >= 4 is 29.1 Å². The lowest BCUT2D eigenvalue weighted by molar-refractivity contribution is 0.477. The summed E-state index contributed by atoms with van der Waals surface area (Å²) in [4.78, 5) is 13.6. The fourth-order valence-corrected chi connectivity index (χ4v) is 3.39. The molecule has 0 unspecified atom stereocenters. The number of halogens is 1. The molecule has 1 saturated carbocycles. The van der Waals surface area contributed by atoms with Gasteiger partial charge < -0.3 is 15.7 Å². The summed E-state index contributed by atoms with van der Waals surface area (Å²) in [6, 6.07) is 12.7. The second-order valence-electron chi connectivity index (χ2n) is 6.59. The van der Waals surface area contributed by atoms with Crippen LogP contribution in [0.5, 0.6) is 5.75 Å². The third-order valence-electron chi connectivity index (χ3n) is 4.56. The second-order valence-corrected chi connectivity index (χ2v) is 7.03. The lowest BCUT2D eigenvalue weighted by Crippen LogP contribution is -2.17. The first-order valence-electron chi connectivity index (χ1n) is 9.00. The molecule has 1 aliphatic rings. The van der Waals surface area contributed by atoms with Crippen molar-refractivity contribution < 1.29 is 5.11 Å². The standard InChI is InChI=1S/C20H20ClN5O/c21-13-8-9-18(27)17(11-13)24-19-12-16(15-7-3-4-10-22-15)25-20(26-19)23-14-5-1-2-6-14/h3-4,7-12,14,27H,1-2,5-6H2,(H2,23,24,25,26). The van der Waals surface area contributed by atoms with E-state index in [1.165, 1.54) is 12.8 Å². The molecule has 0 bridgehead atoms. The molecule has 1 aromatic carbocycles. The molecule has 0 amide bonds. The van der Waals surface area contributed by atoms with E-state index in [0.29, 0.717) is 34.2 Å². The van der Waals surface area contributed by atoms with Gasteiger partial charge >= 0.3 is 0 Å². The molecule has 0 atom stereocenters. The summed E-state index contributed by atoms with van der Waals surface area (Å²) in [5, 5.41) is 17.2. The predicted octanol–water partition coefficient (Wildman–Crippen LogP) is 5.00. The second kappa shape index (κ2) is 7.80. The van der Waals surface area contributed by atoms with E-state index in [4.69, 9.17) is 11.6 Å². The highest BCUT2D eigenvalue weighted by Gasteiger charge is 2.17. The van der Waals surface area contributed by atoms with Gasteiger partial charge in [-0.15, -0.1) is 0 Å². The number of pyridine rings is 1. The molecule has 138 valence electrons. The summed E-state index contributed by atoms with van der Waals surface area (Å²) in [5.41, 5.74) is 1.95. The molecule has 7 heteroatoms. The zero-order valence-electron chi connectivity index (χ0n) is 14.7. The van der Waals surface area contributed by atoms with E-state index in [1.807, 2.05) is 24.3 Å². The highest BCUT2D eigenvalue weighted by atomic mass is 35.5. The Morgan fingerprint density at radius 2 is 1.85 bits per heavy atom. The third kappa shape index (κ3) is 4.28. The van der Waals surface area contributed by atoms with Crippen molar-refractivity contribution in [3.8, 4) is 17.1 Å². The Morgan fingerprint density at radius 1 is 1.00 bits per heavy atom. The number of hydrogen-bond donors (Lipinski definition) is 3. The van der Waals surface area contributed by atoms with E-state index in [1.54, 1.807) is 24.4 Å². The summed E-state index contributed by atoms with van der Waals surface area (Å²) < 4.78 is 0. The number of hydrogen-bond acceptors (Lipinski definition) is 6. The third-order valence-corrected chi connectivity index (χ3v) is 4.80. The van der Waals surface area contributed by atoms with Crippen LogP contribution < -0.4 is 10.6 Å². The van der Waals surface area contributed by atoms with Gasteiger partial charge in [-0.05, 0) is 43.2 Å². The Morgan fingerprint density at radius 3 is 2.63 bits per heavy atom. The monoisotopic (exact) mass is 381 g/mol. The van der Waals surface area contributed by atoms with Crippen molar-refractivity contribution in [2.24, 2.45) is 0 Å². The highest BCUT2D eigenvalue weighted by Crippen LogP contribution is 2.31. The Bertz CT molecular complexity index is 929. The van der Waals surface area contributed by atoms with Gasteiger partial charge in [0.1, 0.15) is 11.6 Å². The van der Waals surface area contributed by atoms with Crippen LogP contribution >= 0.6 is 11.6 Å². The number of nitrogens with one attached hydrogen (secondary N) is 2. The largest absolute Gasteiger partial charge is 0.506 e. The summed E-state index contributed by atoms with van der Waals surface area (Å²) in [5.74, 6) is 1.21. The first-order valence-corrected chi connectivity index (χ1v) is 9.38. The quantitative estimate of drug-likeness (QED) is 0.540. The minimum absolute atomic E-state index is 0.0997. The maximum absolute atomic E-state index is 10.1. The van der Waals surface area contributed by atoms with Gasteiger partial charge in [-0.1, -0.05) is 30.5 Å². The molecular weight excluding hydrogens is 362 g/mol. The van der Waals surface area contributed by atoms with Crippen LogP contribution in [-0.2, 0) is 0 Å². The fourth-order valence-electron chi connectivity index (χ4n) is 3.22. The van der Waals surface area contributed by atoms with E-state index < -0.39 is 0 Å². The van der Waals surface area contributed by atoms with Crippen LogP contribution in [-0.4, -0.2) is 26.1 Å². The van der Waals surface area contributed by atoms with Gasteiger partial charge in [0.15, 0.2) is 0 Å². The van der Waals surface area contributed by atoms with Gasteiger partial charge in [-0.3, -0.25) is 4.98 Å². The van der Waals surface area contributed by atoms with Crippen LogP contribution in [0.25, 0.3) is 11.4 Å². The number of phenolic OH excluding ortho intramolecular Hbond substituents is 1. The molecule has 6 nitrogen and oxygen atoms in total. The maximum Gasteiger partial charge on any atom is 0.225 e. The predicted molar refractivity (Wildman–Crippen MR) is 108 cm³/mol. The molecule has 0 spiro atoms. The Hall–Kier alpha value is -2.86. The number of anilines is 3. The molecule has 3 N–H and O–H groups in total. The molecule has 1 fully saturated rings. The highest BCUT2D eigenvalue weighted by molar-refractivity contribution is 6.30. The molecule has 27 heavy (non-hydrogen) atoms. The van der Waals surface area contributed by atoms with Crippen molar-refractivity contribution in [3.05, 3.63) is 53.7 Å². The number of aromatic nitrogens is 3.